The van der Waals surface area contributed by atoms with Crippen LogP contribution in [0.15, 0.2) is 48.5 Å². The van der Waals surface area contributed by atoms with Gasteiger partial charge in [-0.25, -0.2) is 9.07 Å². The quantitative estimate of drug-likeness (QED) is 0.601. The van der Waals surface area contributed by atoms with Crippen molar-refractivity contribution in [2.45, 2.75) is 32.7 Å². The summed E-state index contributed by atoms with van der Waals surface area (Å²) < 4.78 is 16.8. The largest absolute Gasteiger partial charge is 0.372 e. The monoisotopic (exact) mass is 460 g/mol. The van der Waals surface area contributed by atoms with Crippen LogP contribution < -0.4 is 10.6 Å². The summed E-state index contributed by atoms with van der Waals surface area (Å²) in [7, 11) is 0. The first-order valence-corrected chi connectivity index (χ1v) is 11.7. The van der Waals surface area contributed by atoms with E-state index in [1.54, 1.807) is 41.3 Å². The molecule has 176 valence electrons. The van der Waals surface area contributed by atoms with Gasteiger partial charge >= 0.3 is 0 Å². The van der Waals surface area contributed by atoms with E-state index in [-0.39, 0.29) is 23.3 Å². The second-order valence-electron chi connectivity index (χ2n) is 8.48. The second-order valence-corrected chi connectivity index (χ2v) is 8.48. The molecular formula is C26H29FN6O. The number of nitrogens with two attached hydrogens (primary N) is 1. The molecule has 8 heteroatoms. The van der Waals surface area contributed by atoms with Crippen LogP contribution in [-0.4, -0.2) is 52.8 Å². The minimum absolute atomic E-state index is 0.0529. The number of carbonyl (C=O) groups excluding carboxylic acids is 1. The van der Waals surface area contributed by atoms with Crippen LogP contribution in [0.4, 0.5) is 10.1 Å². The summed E-state index contributed by atoms with van der Waals surface area (Å²) in [5, 5.41) is 13.7. The Morgan fingerprint density at radius 3 is 2.56 bits per heavy atom. The number of aromatic nitrogens is 2. The minimum Gasteiger partial charge on any atom is -0.372 e. The summed E-state index contributed by atoms with van der Waals surface area (Å²) in [5.74, 6) is -0.648. The Morgan fingerprint density at radius 2 is 1.94 bits per heavy atom. The van der Waals surface area contributed by atoms with Gasteiger partial charge < -0.3 is 15.5 Å². The third kappa shape index (κ3) is 4.66. The number of benzene rings is 2. The fourth-order valence-corrected chi connectivity index (χ4v) is 4.40. The van der Waals surface area contributed by atoms with Gasteiger partial charge in [-0.1, -0.05) is 12.1 Å². The Labute approximate surface area is 199 Å². The van der Waals surface area contributed by atoms with E-state index in [4.69, 9.17) is 11.0 Å². The van der Waals surface area contributed by atoms with E-state index in [1.807, 2.05) is 19.9 Å². The van der Waals surface area contributed by atoms with E-state index in [1.165, 1.54) is 10.7 Å². The average molecular weight is 461 g/mol. The van der Waals surface area contributed by atoms with Gasteiger partial charge in [0.25, 0.3) is 5.91 Å². The number of hydrogen-bond acceptors (Lipinski definition) is 5. The van der Waals surface area contributed by atoms with Crippen LogP contribution in [0, 0.1) is 17.1 Å². The van der Waals surface area contributed by atoms with Crippen molar-refractivity contribution in [1.82, 2.24) is 14.7 Å². The van der Waals surface area contributed by atoms with Crippen LogP contribution in [-0.2, 0) is 0 Å². The third-order valence-corrected chi connectivity index (χ3v) is 6.27. The Balaban J connectivity index is 1.79. The number of carbonyl (C=O) groups is 1. The highest BCUT2D eigenvalue weighted by atomic mass is 19.1. The fourth-order valence-electron chi connectivity index (χ4n) is 4.40. The van der Waals surface area contributed by atoms with Crippen LogP contribution in [0.25, 0.3) is 16.9 Å². The molecule has 1 aliphatic rings. The lowest BCUT2D eigenvalue weighted by atomic mass is 10.1. The number of halogens is 1. The third-order valence-electron chi connectivity index (χ3n) is 6.27. The van der Waals surface area contributed by atoms with E-state index in [0.717, 1.165) is 37.2 Å². The summed E-state index contributed by atoms with van der Waals surface area (Å²) in [6.45, 7) is 6.68. The van der Waals surface area contributed by atoms with Gasteiger partial charge in [0.1, 0.15) is 5.69 Å². The van der Waals surface area contributed by atoms with Gasteiger partial charge in [0.2, 0.25) is 0 Å². The van der Waals surface area contributed by atoms with Gasteiger partial charge in [0, 0.05) is 43.5 Å². The summed E-state index contributed by atoms with van der Waals surface area (Å²) in [6.07, 6.45) is 1.73. The molecule has 7 nitrogen and oxygen atoms in total. The number of piperidine rings is 1. The fraction of sp³-hybridized carbons (Fsp3) is 0.346. The molecule has 2 heterocycles. The number of anilines is 1. The minimum atomic E-state index is -0.429. The topological polar surface area (TPSA) is 91.2 Å². The van der Waals surface area contributed by atoms with E-state index in [0.29, 0.717) is 24.3 Å². The number of rotatable bonds is 6. The van der Waals surface area contributed by atoms with E-state index in [9.17, 15) is 4.79 Å². The number of likely N-dealkylation sites (tertiary alicyclic amines) is 1. The Hall–Kier alpha value is -3.70. The van der Waals surface area contributed by atoms with Crippen LogP contribution >= 0.6 is 0 Å². The maximum Gasteiger partial charge on any atom is 0.274 e. The van der Waals surface area contributed by atoms with Gasteiger partial charge in [-0.05, 0) is 63.1 Å². The zero-order valence-electron chi connectivity index (χ0n) is 19.5. The Morgan fingerprint density at radius 1 is 1.21 bits per heavy atom. The first-order chi connectivity index (χ1) is 16.4. The highest BCUT2D eigenvalue weighted by molar-refractivity contribution is 5.93. The predicted molar refractivity (Wildman–Crippen MR) is 130 cm³/mol. The van der Waals surface area contributed by atoms with Crippen molar-refractivity contribution >= 4 is 11.6 Å². The lowest BCUT2D eigenvalue weighted by Crippen LogP contribution is -2.45. The lowest BCUT2D eigenvalue weighted by molar-refractivity contribution is 0.0702. The molecule has 0 aliphatic carbocycles. The molecule has 1 amide bonds. The van der Waals surface area contributed by atoms with Crippen LogP contribution in [0.2, 0.25) is 0 Å². The Bertz CT molecular complexity index is 1210. The molecule has 0 saturated carbocycles. The van der Waals surface area contributed by atoms with Gasteiger partial charge in [-0.15, -0.1) is 0 Å². The number of nitriles is 1. The smallest absolute Gasteiger partial charge is 0.274 e. The molecule has 0 spiro atoms. The molecule has 1 aliphatic heterocycles. The van der Waals surface area contributed by atoms with Crippen molar-refractivity contribution in [2.24, 2.45) is 5.73 Å². The maximum atomic E-state index is 15.4. The molecule has 1 fully saturated rings. The summed E-state index contributed by atoms with van der Waals surface area (Å²) >= 11 is 0. The molecule has 2 aromatic carbocycles. The molecule has 1 saturated heterocycles. The SMILES string of the molecule is CCN(CC)c1ccc(-n2nc(C(=O)N3CCC[C@@H](N)C3)cc2-c2ccc(C#N)cc2)c(F)c1. The van der Waals surface area contributed by atoms with Crippen LogP contribution in [0.1, 0.15) is 42.7 Å². The molecule has 0 radical (unpaired) electrons. The van der Waals surface area contributed by atoms with Gasteiger partial charge in [-0.3, -0.25) is 4.79 Å². The average Bonchev–Trinajstić information content (AvgIpc) is 3.29. The van der Waals surface area contributed by atoms with Gasteiger partial charge in [0.15, 0.2) is 11.5 Å². The molecule has 0 bridgehead atoms. The highest BCUT2D eigenvalue weighted by Gasteiger charge is 2.26. The standard InChI is InChI=1S/C26H29FN6O/c1-3-31(4-2)21-11-12-24(22(27)14-21)33-25(19-9-7-18(16-28)8-10-19)15-23(30-33)26(34)32-13-5-6-20(29)17-32/h7-12,14-15,20H,3-6,13,17,29H2,1-2H3/t20-/m1/s1. The van der Waals surface area contributed by atoms with Gasteiger partial charge in [0.05, 0.1) is 17.3 Å². The molecule has 3 aromatic rings. The zero-order chi connectivity index (χ0) is 24.2. The molecule has 0 unspecified atom stereocenters. The first-order valence-electron chi connectivity index (χ1n) is 11.7. The molecule has 1 atom stereocenters. The zero-order valence-corrected chi connectivity index (χ0v) is 19.5. The van der Waals surface area contributed by atoms with Crippen molar-refractivity contribution in [3.63, 3.8) is 0 Å². The van der Waals surface area contributed by atoms with Crippen LogP contribution in [0.5, 0.6) is 0 Å². The van der Waals surface area contributed by atoms with E-state index < -0.39 is 5.82 Å². The van der Waals surface area contributed by atoms with Crippen molar-refractivity contribution < 1.29 is 9.18 Å². The molecule has 1 aromatic heterocycles. The van der Waals surface area contributed by atoms with E-state index in [2.05, 4.69) is 16.1 Å². The van der Waals surface area contributed by atoms with Crippen molar-refractivity contribution in [1.29, 1.82) is 5.26 Å². The van der Waals surface area contributed by atoms with E-state index >= 15 is 4.39 Å². The number of nitrogens with zero attached hydrogens (tertiary/aromatic N) is 5. The lowest BCUT2D eigenvalue weighted by Gasteiger charge is -2.30. The van der Waals surface area contributed by atoms with Crippen molar-refractivity contribution in [3.05, 3.63) is 65.6 Å². The predicted octanol–water partition coefficient (Wildman–Crippen LogP) is 3.96. The van der Waals surface area contributed by atoms with Crippen molar-refractivity contribution in [3.8, 4) is 23.0 Å². The molecule has 34 heavy (non-hydrogen) atoms. The first kappa shape index (κ1) is 23.5. The Kier molecular flexibility index (Phi) is 6.94. The highest BCUT2D eigenvalue weighted by Crippen LogP contribution is 2.28. The maximum absolute atomic E-state index is 15.4. The second kappa shape index (κ2) is 10.1. The summed E-state index contributed by atoms with van der Waals surface area (Å²) in [4.78, 5) is 17.0. The number of amides is 1. The van der Waals surface area contributed by atoms with Crippen LogP contribution in [0.3, 0.4) is 0 Å². The summed E-state index contributed by atoms with van der Waals surface area (Å²) in [6, 6.07) is 15.7. The molecular weight excluding hydrogens is 431 g/mol. The van der Waals surface area contributed by atoms with Gasteiger partial charge in [-0.2, -0.15) is 10.4 Å². The number of hydrogen-bond donors (Lipinski definition) is 1. The normalized spacial score (nSPS) is 15.7. The molecule has 4 rings (SSSR count). The van der Waals surface area contributed by atoms with Crippen molar-refractivity contribution in [2.75, 3.05) is 31.1 Å². The molecule has 2 N–H and O–H groups in total. The summed E-state index contributed by atoms with van der Waals surface area (Å²) in [5.41, 5.74) is 9.17.